The van der Waals surface area contributed by atoms with E-state index in [2.05, 4.69) is 0 Å². The van der Waals surface area contributed by atoms with Crippen LogP contribution >= 0.6 is 0 Å². The van der Waals surface area contributed by atoms with Crippen LogP contribution in [0.15, 0.2) is 0 Å². The van der Waals surface area contributed by atoms with Gasteiger partial charge in [-0.05, 0) is 0 Å². The van der Waals surface area contributed by atoms with Crippen LogP contribution in [-0.4, -0.2) is 54.0 Å². The van der Waals surface area contributed by atoms with E-state index in [-0.39, 0.29) is 13.2 Å². The summed E-state index contributed by atoms with van der Waals surface area (Å²) >= 11 is 0. The molecule has 0 aliphatic carbocycles. The molecular weight excluding hydrogens is 190 g/mol. The summed E-state index contributed by atoms with van der Waals surface area (Å²) in [6, 6.07) is 0. The molecule has 76 valence electrons. The van der Waals surface area contributed by atoms with E-state index >= 15 is 0 Å². The fourth-order valence-corrected chi connectivity index (χ4v) is 0.327. The van der Waals surface area contributed by atoms with Crippen molar-refractivity contribution in [1.82, 2.24) is 0 Å². The van der Waals surface area contributed by atoms with Crippen molar-refractivity contribution in [2.45, 2.75) is 0 Å². The predicted molar refractivity (Wildman–Crippen MR) is 36.3 cm³/mol. The first-order chi connectivity index (χ1) is 5.41. The monoisotopic (exact) mass is 202 g/mol. The number of aliphatic hydroxyl groups is 2. The van der Waals surface area contributed by atoms with Crippen molar-refractivity contribution in [3.8, 4) is 0 Å². The van der Waals surface area contributed by atoms with Crippen molar-refractivity contribution in [2.75, 3.05) is 26.3 Å². The first-order valence-corrected chi connectivity index (χ1v) is 4.45. The Morgan fingerprint density at radius 1 is 1.08 bits per heavy atom. The van der Waals surface area contributed by atoms with E-state index in [1.54, 1.807) is 0 Å². The van der Waals surface area contributed by atoms with Crippen LogP contribution in [0.25, 0.3) is 0 Å². The molecule has 0 bridgehead atoms. The van der Waals surface area contributed by atoms with Crippen LogP contribution < -0.4 is 5.32 Å². The second-order valence-corrected chi connectivity index (χ2v) is 2.54. The quantitative estimate of drug-likeness (QED) is 0.243. The highest BCUT2D eigenvalue weighted by atomic mass is 32.3. The lowest BCUT2D eigenvalue weighted by molar-refractivity contribution is -0.657. The fourth-order valence-electron chi connectivity index (χ4n) is 0.327. The van der Waals surface area contributed by atoms with Crippen LogP contribution in [0.3, 0.4) is 0 Å². The summed E-state index contributed by atoms with van der Waals surface area (Å²) in [4.78, 5) is 0. The molecule has 8 heteroatoms. The molecule has 0 amide bonds. The van der Waals surface area contributed by atoms with Crippen LogP contribution in [0.1, 0.15) is 0 Å². The summed E-state index contributed by atoms with van der Waals surface area (Å²) < 4.78 is 34.1. The maximum atomic E-state index is 8.52. The predicted octanol–water partition coefficient (Wildman–Crippen LogP) is -3.80. The maximum Gasteiger partial charge on any atom is 0.0991 e. The minimum absolute atomic E-state index is 0.194. The lowest BCUT2D eigenvalue weighted by Gasteiger charge is -2.06. The number of hydrogen-bond acceptors (Lipinski definition) is 6. The molecule has 0 heterocycles. The number of nitrogens with two attached hydrogens (primary N) is 1. The highest BCUT2D eigenvalue weighted by Gasteiger charge is 1.82. The largest absolute Gasteiger partial charge is 0.759 e. The van der Waals surface area contributed by atoms with Crippen molar-refractivity contribution in [3.63, 3.8) is 0 Å². The first kappa shape index (κ1) is 14.3. The van der Waals surface area contributed by atoms with Crippen molar-refractivity contribution in [3.05, 3.63) is 0 Å². The maximum absolute atomic E-state index is 8.52. The van der Waals surface area contributed by atoms with Crippen LogP contribution in [0, 0.1) is 0 Å². The zero-order valence-electron chi connectivity index (χ0n) is 6.34. The standard InChI is InChI=1S/C4H11NO2.H2O4S/c6-3-1-5-2-4-7;1-5(2,3)4/h5-7H,1-4H2;(H2,1,2,3,4)/p-1. The minimum atomic E-state index is -5.17. The first-order valence-electron chi connectivity index (χ1n) is 3.12. The number of hydrogen-bond donors (Lipinski definition) is 3. The molecule has 4 N–H and O–H groups in total. The molecule has 0 unspecified atom stereocenters. The van der Waals surface area contributed by atoms with E-state index in [0.29, 0.717) is 13.1 Å². The van der Waals surface area contributed by atoms with Gasteiger partial charge in [-0.25, -0.2) is 0 Å². The Morgan fingerprint density at radius 3 is 1.50 bits per heavy atom. The van der Waals surface area contributed by atoms with Crippen LogP contribution in [-0.2, 0) is 10.4 Å². The van der Waals surface area contributed by atoms with Crippen molar-refractivity contribution < 1.29 is 33.1 Å². The zero-order chi connectivity index (χ0) is 10.0. The van der Waals surface area contributed by atoms with E-state index in [1.807, 2.05) is 5.32 Å². The van der Waals surface area contributed by atoms with E-state index in [9.17, 15) is 0 Å². The summed E-state index contributed by atoms with van der Waals surface area (Å²) in [5.41, 5.74) is 0. The van der Waals surface area contributed by atoms with Gasteiger partial charge in [0, 0.05) is 10.4 Å². The van der Waals surface area contributed by atoms with Gasteiger partial charge in [0.1, 0.15) is 0 Å². The summed E-state index contributed by atoms with van der Waals surface area (Å²) in [6.45, 7) is 1.78. The molecule has 12 heavy (non-hydrogen) atoms. The highest BCUT2D eigenvalue weighted by Crippen LogP contribution is 1.57. The van der Waals surface area contributed by atoms with Gasteiger partial charge in [-0.2, -0.15) is 0 Å². The third kappa shape index (κ3) is 53.1. The molecule has 0 spiro atoms. The minimum Gasteiger partial charge on any atom is -0.759 e. The van der Waals surface area contributed by atoms with Gasteiger partial charge in [0.05, 0.1) is 26.3 Å². The van der Waals surface area contributed by atoms with Gasteiger partial charge in [-0.15, -0.1) is 0 Å². The summed E-state index contributed by atoms with van der Waals surface area (Å²) in [7, 11) is -5.17. The Morgan fingerprint density at radius 2 is 1.33 bits per heavy atom. The molecule has 0 aromatic carbocycles. The molecule has 0 atom stereocenters. The van der Waals surface area contributed by atoms with Crippen LogP contribution in [0.5, 0.6) is 0 Å². The molecule has 0 aromatic rings. The Hall–Kier alpha value is -0.250. The van der Waals surface area contributed by atoms with Gasteiger partial charge in [-0.3, -0.25) is 8.42 Å². The molecule has 0 aromatic heterocycles. The highest BCUT2D eigenvalue weighted by molar-refractivity contribution is 7.79. The normalized spacial score (nSPS) is 10.3. The molecule has 0 saturated carbocycles. The molecule has 0 fully saturated rings. The SMILES string of the molecule is O=S(=O)([O-])[O-].OCC[NH2+]CCO. The van der Waals surface area contributed by atoms with E-state index in [4.69, 9.17) is 27.7 Å². The van der Waals surface area contributed by atoms with E-state index in [0.717, 1.165) is 0 Å². The van der Waals surface area contributed by atoms with Gasteiger partial charge < -0.3 is 24.6 Å². The third-order valence-corrected chi connectivity index (χ3v) is 0.666. The van der Waals surface area contributed by atoms with Gasteiger partial charge >= 0.3 is 0 Å². The average Bonchev–Trinajstić information content (AvgIpc) is 1.85. The third-order valence-electron chi connectivity index (χ3n) is 0.666. The smallest absolute Gasteiger partial charge is 0.0991 e. The molecule has 7 nitrogen and oxygen atoms in total. The van der Waals surface area contributed by atoms with Gasteiger partial charge in [0.25, 0.3) is 0 Å². The Kier molecular flexibility index (Phi) is 10.5. The van der Waals surface area contributed by atoms with Crippen molar-refractivity contribution >= 4 is 10.4 Å². The van der Waals surface area contributed by atoms with Crippen LogP contribution in [0.4, 0.5) is 0 Å². The summed E-state index contributed by atoms with van der Waals surface area (Å²) in [6.07, 6.45) is 0. The Balaban J connectivity index is 0. The number of quaternary nitrogens is 1. The molecule has 0 aliphatic heterocycles. The van der Waals surface area contributed by atoms with Gasteiger partial charge in [0.2, 0.25) is 0 Å². The van der Waals surface area contributed by atoms with Crippen molar-refractivity contribution in [1.29, 1.82) is 0 Å². The van der Waals surface area contributed by atoms with Gasteiger partial charge in [0.15, 0.2) is 0 Å². The second kappa shape index (κ2) is 8.84. The second-order valence-electron chi connectivity index (χ2n) is 1.72. The molecule has 0 aliphatic rings. The average molecular weight is 202 g/mol. The summed E-state index contributed by atoms with van der Waals surface area (Å²) in [5, 5.41) is 18.2. The lowest BCUT2D eigenvalue weighted by atomic mass is 10.6. The number of rotatable bonds is 4. The topological polar surface area (TPSA) is 137 Å². The van der Waals surface area contributed by atoms with Crippen molar-refractivity contribution in [2.24, 2.45) is 0 Å². The Labute approximate surface area is 70.6 Å². The number of aliphatic hydroxyl groups excluding tert-OH is 2. The molecular formula is C4H12NO6S-. The van der Waals surface area contributed by atoms with E-state index < -0.39 is 10.4 Å². The summed E-state index contributed by atoms with van der Waals surface area (Å²) in [5.74, 6) is 0. The fraction of sp³-hybridized carbons (Fsp3) is 1.00. The van der Waals surface area contributed by atoms with E-state index in [1.165, 1.54) is 0 Å². The Bertz CT molecular complexity index is 154. The van der Waals surface area contributed by atoms with Gasteiger partial charge in [-0.1, -0.05) is 0 Å². The lowest BCUT2D eigenvalue weighted by Crippen LogP contribution is -2.85. The molecule has 0 saturated heterocycles. The molecule has 0 rings (SSSR count). The van der Waals surface area contributed by atoms with Crippen LogP contribution in [0.2, 0.25) is 0 Å². The molecule has 0 radical (unpaired) electrons. The zero-order valence-corrected chi connectivity index (χ0v) is 7.16.